The number of aliphatic hydroxyl groups is 1. The second-order valence-electron chi connectivity index (χ2n) is 7.76. The number of rotatable bonds is 10. The van der Waals surface area contributed by atoms with Crippen LogP contribution in [0.1, 0.15) is 39.7 Å². The zero-order chi connectivity index (χ0) is 23.6. The molecule has 0 bridgehead atoms. The minimum atomic E-state index is -1.28. The van der Waals surface area contributed by atoms with Crippen molar-refractivity contribution in [2.45, 2.75) is 64.4 Å². The summed E-state index contributed by atoms with van der Waals surface area (Å²) in [6.07, 6.45) is -0.962. The largest absolute Gasteiger partial charge is 0.467 e. The molecule has 1 aromatic carbocycles. The predicted octanol–water partition coefficient (Wildman–Crippen LogP) is 0.625. The van der Waals surface area contributed by atoms with E-state index in [0.29, 0.717) is 0 Å². The third-order valence-electron chi connectivity index (χ3n) is 4.19. The monoisotopic (exact) mass is 437 g/mol. The molecule has 0 saturated carbocycles. The van der Waals surface area contributed by atoms with Crippen molar-refractivity contribution in [2.24, 2.45) is 0 Å². The van der Waals surface area contributed by atoms with E-state index >= 15 is 0 Å². The smallest absolute Gasteiger partial charge is 0.408 e. The molecule has 172 valence electrons. The summed E-state index contributed by atoms with van der Waals surface area (Å²) in [7, 11) is 1.19. The number of hydrogen-bond acceptors (Lipinski definition) is 7. The molecule has 0 aliphatic heterocycles. The summed E-state index contributed by atoms with van der Waals surface area (Å²) < 4.78 is 9.66. The maximum atomic E-state index is 12.7. The van der Waals surface area contributed by atoms with Crippen LogP contribution in [0.2, 0.25) is 0 Å². The molecular weight excluding hydrogens is 406 g/mol. The van der Waals surface area contributed by atoms with E-state index in [2.05, 4.69) is 20.7 Å². The maximum absolute atomic E-state index is 12.7. The Hall–Kier alpha value is -3.14. The fourth-order valence-electron chi connectivity index (χ4n) is 2.57. The summed E-state index contributed by atoms with van der Waals surface area (Å²) in [5.41, 5.74) is -0.509. The fourth-order valence-corrected chi connectivity index (χ4v) is 2.57. The number of benzene rings is 1. The van der Waals surface area contributed by atoms with Gasteiger partial charge in [0.15, 0.2) is 0 Å². The van der Waals surface area contributed by atoms with E-state index in [4.69, 9.17) is 4.74 Å². The zero-order valence-corrected chi connectivity index (χ0v) is 18.4. The van der Waals surface area contributed by atoms with E-state index in [0.717, 1.165) is 5.56 Å². The van der Waals surface area contributed by atoms with Crippen LogP contribution in [-0.2, 0) is 30.5 Å². The molecule has 0 aliphatic carbocycles. The van der Waals surface area contributed by atoms with Gasteiger partial charge in [0, 0.05) is 6.42 Å². The van der Waals surface area contributed by atoms with Crippen LogP contribution in [0.3, 0.4) is 0 Å². The van der Waals surface area contributed by atoms with E-state index in [1.165, 1.54) is 34.8 Å². The van der Waals surface area contributed by atoms with Crippen LogP contribution in [0.15, 0.2) is 30.3 Å². The van der Waals surface area contributed by atoms with E-state index in [1.54, 1.807) is 24.3 Å². The first-order chi connectivity index (χ1) is 14.4. The van der Waals surface area contributed by atoms with Crippen molar-refractivity contribution in [3.05, 3.63) is 35.9 Å². The SMILES string of the molecule is COC(=O)[C@H](C)NC(=O)[C@H](C)NC(=O)[C@@H](CC(C)(C)O)NC(=O)OCc1ccccc1. The number of alkyl carbamates (subject to hydrolysis) is 1. The molecule has 0 heterocycles. The number of esters is 1. The lowest BCUT2D eigenvalue weighted by atomic mass is 9.98. The van der Waals surface area contributed by atoms with Gasteiger partial charge in [0.25, 0.3) is 0 Å². The molecule has 0 radical (unpaired) electrons. The predicted molar refractivity (Wildman–Crippen MR) is 112 cm³/mol. The van der Waals surface area contributed by atoms with Gasteiger partial charge in [-0.05, 0) is 33.3 Å². The molecule has 3 atom stereocenters. The molecule has 0 spiro atoms. The summed E-state index contributed by atoms with van der Waals surface area (Å²) in [6.45, 7) is 5.84. The Morgan fingerprint density at radius 2 is 1.55 bits per heavy atom. The molecule has 0 aliphatic rings. The molecule has 10 heteroatoms. The summed E-state index contributed by atoms with van der Waals surface area (Å²) in [5.74, 6) is -1.93. The van der Waals surface area contributed by atoms with Gasteiger partial charge in [-0.15, -0.1) is 0 Å². The van der Waals surface area contributed by atoms with Crippen LogP contribution in [0.25, 0.3) is 0 Å². The second kappa shape index (κ2) is 11.9. The molecule has 3 amide bonds. The first kappa shape index (κ1) is 25.9. The molecule has 4 N–H and O–H groups in total. The first-order valence-corrected chi connectivity index (χ1v) is 9.81. The number of ether oxygens (including phenoxy) is 2. The topological polar surface area (TPSA) is 143 Å². The molecule has 1 rings (SSSR count). The van der Waals surface area contributed by atoms with Gasteiger partial charge in [-0.25, -0.2) is 9.59 Å². The first-order valence-electron chi connectivity index (χ1n) is 9.81. The van der Waals surface area contributed by atoms with Crippen LogP contribution < -0.4 is 16.0 Å². The lowest BCUT2D eigenvalue weighted by Crippen LogP contribution is -2.55. The lowest BCUT2D eigenvalue weighted by molar-refractivity contribution is -0.144. The van der Waals surface area contributed by atoms with Crippen LogP contribution >= 0.6 is 0 Å². The fraction of sp³-hybridized carbons (Fsp3) is 0.524. The van der Waals surface area contributed by atoms with E-state index in [-0.39, 0.29) is 13.0 Å². The van der Waals surface area contributed by atoms with E-state index in [9.17, 15) is 24.3 Å². The lowest BCUT2D eigenvalue weighted by Gasteiger charge is -2.26. The van der Waals surface area contributed by atoms with Crippen molar-refractivity contribution < 1.29 is 33.8 Å². The Bertz CT molecular complexity index is 762. The number of hydrogen-bond donors (Lipinski definition) is 4. The van der Waals surface area contributed by atoms with Crippen LogP contribution in [-0.4, -0.2) is 59.8 Å². The van der Waals surface area contributed by atoms with Gasteiger partial charge in [0.2, 0.25) is 11.8 Å². The van der Waals surface area contributed by atoms with Crippen molar-refractivity contribution in [1.82, 2.24) is 16.0 Å². The van der Waals surface area contributed by atoms with Crippen molar-refractivity contribution in [3.63, 3.8) is 0 Å². The van der Waals surface area contributed by atoms with Gasteiger partial charge in [0.05, 0.1) is 12.7 Å². The van der Waals surface area contributed by atoms with Gasteiger partial charge in [-0.3, -0.25) is 9.59 Å². The summed E-state index contributed by atoms with van der Waals surface area (Å²) >= 11 is 0. The van der Waals surface area contributed by atoms with Crippen molar-refractivity contribution in [1.29, 1.82) is 0 Å². The van der Waals surface area contributed by atoms with Crippen molar-refractivity contribution in [3.8, 4) is 0 Å². The maximum Gasteiger partial charge on any atom is 0.408 e. The Balaban J connectivity index is 2.71. The van der Waals surface area contributed by atoms with Gasteiger partial charge < -0.3 is 30.5 Å². The minimum Gasteiger partial charge on any atom is -0.467 e. The summed E-state index contributed by atoms with van der Waals surface area (Å²) in [5, 5.41) is 17.4. The highest BCUT2D eigenvalue weighted by atomic mass is 16.5. The average molecular weight is 437 g/mol. The van der Waals surface area contributed by atoms with Gasteiger partial charge in [-0.2, -0.15) is 0 Å². The number of amides is 3. The third-order valence-corrected chi connectivity index (χ3v) is 4.19. The van der Waals surface area contributed by atoms with Crippen LogP contribution in [0, 0.1) is 0 Å². The second-order valence-corrected chi connectivity index (χ2v) is 7.76. The number of methoxy groups -OCH3 is 1. The molecule has 0 fully saturated rings. The molecule has 0 aromatic heterocycles. The normalized spacial score (nSPS) is 13.9. The summed E-state index contributed by atoms with van der Waals surface area (Å²) in [6, 6.07) is 5.94. The highest BCUT2D eigenvalue weighted by Gasteiger charge is 2.30. The molecule has 1 aromatic rings. The van der Waals surface area contributed by atoms with Crippen molar-refractivity contribution in [2.75, 3.05) is 7.11 Å². The molecule has 0 saturated heterocycles. The molecular formula is C21H31N3O7. The number of nitrogens with one attached hydrogen (secondary N) is 3. The molecule has 10 nitrogen and oxygen atoms in total. The highest BCUT2D eigenvalue weighted by Crippen LogP contribution is 2.12. The van der Waals surface area contributed by atoms with Crippen molar-refractivity contribution >= 4 is 23.9 Å². The average Bonchev–Trinajstić information content (AvgIpc) is 2.70. The van der Waals surface area contributed by atoms with E-state index in [1.807, 2.05) is 6.07 Å². The Labute approximate surface area is 181 Å². The minimum absolute atomic E-state index is 0.00769. The number of carbonyl (C=O) groups is 4. The Morgan fingerprint density at radius 1 is 0.968 bits per heavy atom. The molecule has 0 unspecified atom stereocenters. The Kier molecular flexibility index (Phi) is 9.94. The highest BCUT2D eigenvalue weighted by molar-refractivity contribution is 5.92. The molecule has 31 heavy (non-hydrogen) atoms. The van der Waals surface area contributed by atoms with Crippen LogP contribution in [0.4, 0.5) is 4.79 Å². The zero-order valence-electron chi connectivity index (χ0n) is 18.4. The summed E-state index contributed by atoms with van der Waals surface area (Å²) in [4.78, 5) is 48.5. The van der Waals surface area contributed by atoms with Gasteiger partial charge >= 0.3 is 12.1 Å². The van der Waals surface area contributed by atoms with Crippen LogP contribution in [0.5, 0.6) is 0 Å². The van der Waals surface area contributed by atoms with Gasteiger partial charge in [-0.1, -0.05) is 30.3 Å². The number of carbonyl (C=O) groups excluding carboxylic acids is 4. The third kappa shape index (κ3) is 9.94. The standard InChI is InChI=1S/C21H31N3O7/c1-13(17(25)23-14(2)19(27)30-5)22-18(26)16(11-21(3,4)29)24-20(28)31-12-15-9-7-6-8-10-15/h6-10,13-14,16,29H,11-12H2,1-5H3,(H,22,26)(H,23,25)(H,24,28)/t13-,14-,16+/m0/s1. The van der Waals surface area contributed by atoms with Gasteiger partial charge in [0.1, 0.15) is 24.7 Å². The quantitative estimate of drug-likeness (QED) is 0.393. The Morgan fingerprint density at radius 3 is 2.10 bits per heavy atom. The van der Waals surface area contributed by atoms with E-state index < -0.39 is 47.6 Å².